The first-order valence-electron chi connectivity index (χ1n) is 7.32. The van der Waals surface area contributed by atoms with Crippen LogP contribution in [0.5, 0.6) is 0 Å². The highest BCUT2D eigenvalue weighted by atomic mass is 79.9. The summed E-state index contributed by atoms with van der Waals surface area (Å²) in [5.74, 6) is 0. The molecule has 1 fully saturated rings. The molecular formula is C16H22BrN3. The van der Waals surface area contributed by atoms with E-state index in [1.807, 2.05) is 12.1 Å². The number of piperazine rings is 1. The van der Waals surface area contributed by atoms with Gasteiger partial charge in [0, 0.05) is 30.1 Å². The molecule has 2 unspecified atom stereocenters. The standard InChI is InChI=1S/C16H22BrN3/c1-3-15-12-19(4-2)8-9-20(15)16(11-18)13-6-5-7-14(17)10-13/h5-7,10,15-16H,3-4,8-9,12H2,1-2H3. The van der Waals surface area contributed by atoms with Crippen molar-refractivity contribution in [3.05, 3.63) is 34.3 Å². The first-order chi connectivity index (χ1) is 9.69. The Bertz CT molecular complexity index is 483. The van der Waals surface area contributed by atoms with Gasteiger partial charge in [-0.1, -0.05) is 41.9 Å². The predicted molar refractivity (Wildman–Crippen MR) is 85.4 cm³/mol. The Kier molecular flexibility index (Phi) is 5.59. The van der Waals surface area contributed by atoms with Gasteiger partial charge in [-0.3, -0.25) is 4.90 Å². The van der Waals surface area contributed by atoms with E-state index in [0.29, 0.717) is 6.04 Å². The van der Waals surface area contributed by atoms with Gasteiger partial charge in [0.2, 0.25) is 0 Å². The van der Waals surface area contributed by atoms with Crippen molar-refractivity contribution in [3.8, 4) is 6.07 Å². The molecule has 1 aromatic rings. The Labute approximate surface area is 130 Å². The molecule has 3 nitrogen and oxygen atoms in total. The first-order valence-corrected chi connectivity index (χ1v) is 8.12. The molecule has 1 aliphatic heterocycles. The number of halogens is 1. The first kappa shape index (κ1) is 15.5. The molecule has 4 heteroatoms. The van der Waals surface area contributed by atoms with Crippen molar-refractivity contribution < 1.29 is 0 Å². The van der Waals surface area contributed by atoms with E-state index >= 15 is 0 Å². The van der Waals surface area contributed by atoms with Gasteiger partial charge in [0.15, 0.2) is 0 Å². The van der Waals surface area contributed by atoms with E-state index in [9.17, 15) is 5.26 Å². The third-order valence-corrected chi connectivity index (χ3v) is 4.64. The smallest absolute Gasteiger partial charge is 0.124 e. The SMILES string of the molecule is CCC1CN(CC)CCN1C(C#N)c1cccc(Br)c1. The largest absolute Gasteiger partial charge is 0.301 e. The molecule has 0 spiro atoms. The van der Waals surface area contributed by atoms with Gasteiger partial charge < -0.3 is 4.90 Å². The summed E-state index contributed by atoms with van der Waals surface area (Å²) in [6, 6.07) is 10.9. The fourth-order valence-electron chi connectivity index (χ4n) is 2.94. The van der Waals surface area contributed by atoms with E-state index in [4.69, 9.17) is 0 Å². The molecule has 1 aliphatic rings. The maximum absolute atomic E-state index is 9.64. The minimum atomic E-state index is -0.142. The Hall–Kier alpha value is -0.890. The minimum Gasteiger partial charge on any atom is -0.301 e. The maximum atomic E-state index is 9.64. The van der Waals surface area contributed by atoms with E-state index in [2.05, 4.69) is 57.8 Å². The predicted octanol–water partition coefficient (Wildman–Crippen LogP) is 3.43. The van der Waals surface area contributed by atoms with Crippen LogP contribution in [0, 0.1) is 11.3 Å². The lowest BCUT2D eigenvalue weighted by atomic mass is 10.0. The summed E-state index contributed by atoms with van der Waals surface area (Å²) in [5.41, 5.74) is 1.09. The van der Waals surface area contributed by atoms with Gasteiger partial charge >= 0.3 is 0 Å². The van der Waals surface area contributed by atoms with Gasteiger partial charge in [-0.2, -0.15) is 5.26 Å². The molecule has 0 radical (unpaired) electrons. The van der Waals surface area contributed by atoms with Crippen molar-refractivity contribution in [1.29, 1.82) is 5.26 Å². The van der Waals surface area contributed by atoms with Crippen LogP contribution in [0.3, 0.4) is 0 Å². The lowest BCUT2D eigenvalue weighted by molar-refractivity contribution is 0.0569. The van der Waals surface area contributed by atoms with Gasteiger partial charge in [-0.05, 0) is 30.7 Å². The molecule has 2 rings (SSSR count). The molecule has 1 aromatic carbocycles. The number of benzene rings is 1. The van der Waals surface area contributed by atoms with Crippen LogP contribution in [0.1, 0.15) is 31.9 Å². The number of hydrogen-bond acceptors (Lipinski definition) is 3. The Balaban J connectivity index is 2.21. The van der Waals surface area contributed by atoms with Crippen molar-refractivity contribution in [2.24, 2.45) is 0 Å². The monoisotopic (exact) mass is 335 g/mol. The normalized spacial score (nSPS) is 22.4. The topological polar surface area (TPSA) is 30.3 Å². The molecule has 0 saturated carbocycles. The zero-order valence-electron chi connectivity index (χ0n) is 12.2. The molecule has 2 atom stereocenters. The van der Waals surface area contributed by atoms with E-state index in [1.54, 1.807) is 0 Å². The van der Waals surface area contributed by atoms with E-state index < -0.39 is 0 Å². The van der Waals surface area contributed by atoms with Crippen molar-refractivity contribution >= 4 is 15.9 Å². The molecular weight excluding hydrogens is 314 g/mol. The van der Waals surface area contributed by atoms with Gasteiger partial charge in [-0.25, -0.2) is 0 Å². The summed E-state index contributed by atoms with van der Waals surface area (Å²) in [4.78, 5) is 4.84. The number of nitrogens with zero attached hydrogens (tertiary/aromatic N) is 3. The molecule has 0 N–H and O–H groups in total. The Morgan fingerprint density at radius 3 is 2.80 bits per heavy atom. The Morgan fingerprint density at radius 1 is 1.40 bits per heavy atom. The van der Waals surface area contributed by atoms with Gasteiger partial charge in [-0.15, -0.1) is 0 Å². The Morgan fingerprint density at radius 2 is 2.20 bits per heavy atom. The third-order valence-electron chi connectivity index (χ3n) is 4.15. The van der Waals surface area contributed by atoms with E-state index in [0.717, 1.165) is 42.6 Å². The fraction of sp³-hybridized carbons (Fsp3) is 0.562. The fourth-order valence-corrected chi connectivity index (χ4v) is 3.36. The van der Waals surface area contributed by atoms with Gasteiger partial charge in [0.05, 0.1) is 6.07 Å². The number of hydrogen-bond donors (Lipinski definition) is 0. The van der Waals surface area contributed by atoms with Gasteiger partial charge in [0.1, 0.15) is 6.04 Å². The van der Waals surface area contributed by atoms with Crippen LogP contribution >= 0.6 is 15.9 Å². The summed E-state index contributed by atoms with van der Waals surface area (Å²) in [6.45, 7) is 8.61. The van der Waals surface area contributed by atoms with E-state index in [1.165, 1.54) is 0 Å². The van der Waals surface area contributed by atoms with E-state index in [-0.39, 0.29) is 6.04 Å². The minimum absolute atomic E-state index is 0.142. The van der Waals surface area contributed by atoms with Crippen molar-refractivity contribution in [1.82, 2.24) is 9.80 Å². The van der Waals surface area contributed by atoms with Crippen molar-refractivity contribution in [2.75, 3.05) is 26.2 Å². The summed E-state index contributed by atoms with van der Waals surface area (Å²) in [6.07, 6.45) is 1.09. The quantitative estimate of drug-likeness (QED) is 0.844. The third kappa shape index (κ3) is 3.41. The summed E-state index contributed by atoms with van der Waals surface area (Å²) in [5, 5.41) is 9.64. The summed E-state index contributed by atoms with van der Waals surface area (Å²) >= 11 is 3.50. The zero-order valence-corrected chi connectivity index (χ0v) is 13.8. The van der Waals surface area contributed by atoms with Crippen LogP contribution in [0.25, 0.3) is 0 Å². The molecule has 20 heavy (non-hydrogen) atoms. The summed E-state index contributed by atoms with van der Waals surface area (Å²) in [7, 11) is 0. The molecule has 0 amide bonds. The zero-order chi connectivity index (χ0) is 14.5. The number of nitriles is 1. The number of rotatable bonds is 4. The lowest BCUT2D eigenvalue weighted by Crippen LogP contribution is -2.53. The highest BCUT2D eigenvalue weighted by molar-refractivity contribution is 9.10. The molecule has 0 bridgehead atoms. The molecule has 1 saturated heterocycles. The second kappa shape index (κ2) is 7.21. The summed E-state index contributed by atoms with van der Waals surface area (Å²) < 4.78 is 1.04. The molecule has 0 aliphatic carbocycles. The van der Waals surface area contributed by atoms with Crippen molar-refractivity contribution in [3.63, 3.8) is 0 Å². The average Bonchev–Trinajstić information content (AvgIpc) is 2.48. The average molecular weight is 336 g/mol. The molecule has 0 aromatic heterocycles. The lowest BCUT2D eigenvalue weighted by Gasteiger charge is -2.43. The van der Waals surface area contributed by atoms with Crippen LogP contribution in [-0.2, 0) is 0 Å². The van der Waals surface area contributed by atoms with Gasteiger partial charge in [0.25, 0.3) is 0 Å². The molecule has 1 heterocycles. The van der Waals surface area contributed by atoms with Crippen molar-refractivity contribution in [2.45, 2.75) is 32.4 Å². The van der Waals surface area contributed by atoms with Crippen LogP contribution < -0.4 is 0 Å². The van der Waals surface area contributed by atoms with Crippen LogP contribution in [0.15, 0.2) is 28.7 Å². The highest BCUT2D eigenvalue weighted by Gasteiger charge is 2.31. The van der Waals surface area contributed by atoms with Crippen LogP contribution in [-0.4, -0.2) is 42.0 Å². The molecule has 108 valence electrons. The van der Waals surface area contributed by atoms with Crippen LogP contribution in [0.2, 0.25) is 0 Å². The number of likely N-dealkylation sites (N-methyl/N-ethyl adjacent to an activating group) is 1. The van der Waals surface area contributed by atoms with Crippen LogP contribution in [0.4, 0.5) is 0 Å². The maximum Gasteiger partial charge on any atom is 0.124 e. The highest BCUT2D eigenvalue weighted by Crippen LogP contribution is 2.27. The second-order valence-electron chi connectivity index (χ2n) is 5.28. The second-order valence-corrected chi connectivity index (χ2v) is 6.20.